The van der Waals surface area contributed by atoms with Gasteiger partial charge in [-0.15, -0.1) is 0 Å². The summed E-state index contributed by atoms with van der Waals surface area (Å²) in [7, 11) is 3.73. The van der Waals surface area contributed by atoms with Gasteiger partial charge >= 0.3 is 6.18 Å². The molecule has 1 saturated heterocycles. The van der Waals surface area contributed by atoms with Crippen LogP contribution >= 0.6 is 0 Å². The highest BCUT2D eigenvalue weighted by Gasteiger charge is 2.45. The van der Waals surface area contributed by atoms with Gasteiger partial charge in [0.1, 0.15) is 5.75 Å². The lowest BCUT2D eigenvalue weighted by atomic mass is 9.79. The van der Waals surface area contributed by atoms with Gasteiger partial charge in [-0.2, -0.15) is 13.2 Å². The second-order valence-corrected chi connectivity index (χ2v) is 7.33. The Morgan fingerprint density at radius 2 is 1.88 bits per heavy atom. The molecule has 1 fully saturated rings. The molecular weight excluding hydrogens is 339 g/mol. The van der Waals surface area contributed by atoms with Crippen LogP contribution < -0.4 is 4.74 Å². The van der Waals surface area contributed by atoms with Crippen molar-refractivity contribution in [1.29, 1.82) is 0 Å². The third-order valence-electron chi connectivity index (χ3n) is 5.88. The summed E-state index contributed by atoms with van der Waals surface area (Å²) in [6, 6.07) is 12.1. The van der Waals surface area contributed by atoms with Gasteiger partial charge in [0.15, 0.2) is 0 Å². The molecule has 0 spiro atoms. The highest BCUT2D eigenvalue weighted by atomic mass is 19.4. The van der Waals surface area contributed by atoms with Crippen LogP contribution in [0.3, 0.4) is 0 Å². The van der Waals surface area contributed by atoms with Crippen LogP contribution in [0.1, 0.15) is 47.1 Å². The van der Waals surface area contributed by atoms with Gasteiger partial charge in [0, 0.05) is 12.0 Å². The highest BCUT2D eigenvalue weighted by molar-refractivity contribution is 5.50. The first-order valence-corrected chi connectivity index (χ1v) is 8.95. The van der Waals surface area contributed by atoms with Crippen LogP contribution in [0.15, 0.2) is 42.5 Å². The van der Waals surface area contributed by atoms with Crippen LogP contribution in [0, 0.1) is 5.92 Å². The molecule has 2 aromatic rings. The molecule has 5 heteroatoms. The van der Waals surface area contributed by atoms with Gasteiger partial charge in [0.2, 0.25) is 0 Å². The molecule has 0 amide bonds. The standard InChI is InChI=1S/C21H22F3NO/c1-25-10-4-7-17-19(13-5-3-6-14(11-13)21(22,23)24)18-12-15(26-2)8-9-16(18)20(17)25/h3,5-6,8-9,11-12,17,19-20H,4,7,10H2,1-2H3. The molecular formula is C21H22F3NO. The SMILES string of the molecule is COc1ccc2c(c1)C(c1cccc(C(F)(F)F)c1)C1CCCN(C)C21. The summed E-state index contributed by atoms with van der Waals surface area (Å²) < 4.78 is 45.1. The second kappa shape index (κ2) is 6.31. The van der Waals surface area contributed by atoms with Crippen molar-refractivity contribution in [3.05, 3.63) is 64.7 Å². The molecule has 0 aromatic heterocycles. The van der Waals surface area contributed by atoms with E-state index < -0.39 is 11.7 Å². The van der Waals surface area contributed by atoms with Crippen LogP contribution in [0.4, 0.5) is 13.2 Å². The zero-order valence-corrected chi connectivity index (χ0v) is 14.9. The molecule has 2 nitrogen and oxygen atoms in total. The fourth-order valence-corrected chi connectivity index (χ4v) is 4.80. The van der Waals surface area contributed by atoms with E-state index in [4.69, 9.17) is 4.74 Å². The lowest BCUT2D eigenvalue weighted by Crippen LogP contribution is -2.34. The topological polar surface area (TPSA) is 12.5 Å². The Morgan fingerprint density at radius 1 is 1.08 bits per heavy atom. The summed E-state index contributed by atoms with van der Waals surface area (Å²) >= 11 is 0. The molecule has 26 heavy (non-hydrogen) atoms. The number of nitrogens with zero attached hydrogens (tertiary/aromatic N) is 1. The molecule has 0 saturated carbocycles. The molecule has 0 N–H and O–H groups in total. The van der Waals surface area contributed by atoms with E-state index in [-0.39, 0.29) is 12.0 Å². The summed E-state index contributed by atoms with van der Waals surface area (Å²) in [5.41, 5.74) is 2.50. The van der Waals surface area contributed by atoms with Crippen molar-refractivity contribution in [1.82, 2.24) is 4.90 Å². The lowest BCUT2D eigenvalue weighted by Gasteiger charge is -2.37. The van der Waals surface area contributed by atoms with Crippen LogP contribution in [-0.2, 0) is 6.18 Å². The summed E-state index contributed by atoms with van der Waals surface area (Å²) in [6.07, 6.45) is -2.24. The van der Waals surface area contributed by atoms with E-state index in [0.717, 1.165) is 42.3 Å². The minimum Gasteiger partial charge on any atom is -0.497 e. The average molecular weight is 361 g/mol. The number of benzene rings is 2. The van der Waals surface area contributed by atoms with Gasteiger partial charge in [-0.3, -0.25) is 4.90 Å². The third kappa shape index (κ3) is 2.78. The molecule has 4 rings (SSSR count). The van der Waals surface area contributed by atoms with E-state index in [2.05, 4.69) is 18.0 Å². The number of fused-ring (bicyclic) bond motifs is 3. The van der Waals surface area contributed by atoms with Crippen molar-refractivity contribution in [2.45, 2.75) is 31.0 Å². The number of alkyl halides is 3. The molecule has 1 aliphatic carbocycles. The molecule has 2 aliphatic rings. The van der Waals surface area contributed by atoms with E-state index >= 15 is 0 Å². The van der Waals surface area contributed by atoms with Gasteiger partial charge < -0.3 is 4.74 Å². The zero-order valence-electron chi connectivity index (χ0n) is 14.9. The van der Waals surface area contributed by atoms with Crippen LogP contribution in [-0.4, -0.2) is 25.6 Å². The molecule has 1 aliphatic heterocycles. The summed E-state index contributed by atoms with van der Waals surface area (Å²) in [5, 5.41) is 0. The van der Waals surface area contributed by atoms with Crippen molar-refractivity contribution in [2.24, 2.45) is 5.92 Å². The van der Waals surface area contributed by atoms with Gasteiger partial charge in [-0.25, -0.2) is 0 Å². The molecule has 0 radical (unpaired) electrons. The Bertz CT molecular complexity index is 817. The van der Waals surface area contributed by atoms with E-state index in [0.29, 0.717) is 5.92 Å². The predicted octanol–water partition coefficient (Wildman–Crippen LogP) is 5.24. The Balaban J connectivity index is 1.85. The fraction of sp³-hybridized carbons (Fsp3) is 0.429. The molecule has 2 aromatic carbocycles. The number of rotatable bonds is 2. The van der Waals surface area contributed by atoms with Crippen molar-refractivity contribution in [3.63, 3.8) is 0 Å². The maximum absolute atomic E-state index is 13.2. The number of methoxy groups -OCH3 is 1. The summed E-state index contributed by atoms with van der Waals surface area (Å²) in [6.45, 7) is 1.02. The molecule has 1 heterocycles. The van der Waals surface area contributed by atoms with Gasteiger partial charge in [0.05, 0.1) is 12.7 Å². The summed E-state index contributed by atoms with van der Waals surface area (Å²) in [5.74, 6) is 1.01. The lowest BCUT2D eigenvalue weighted by molar-refractivity contribution is -0.137. The number of halogens is 3. The Kier molecular flexibility index (Phi) is 4.22. The highest BCUT2D eigenvalue weighted by Crippen LogP contribution is 2.55. The number of hydrogen-bond donors (Lipinski definition) is 0. The number of likely N-dealkylation sites (tertiary alicyclic amines) is 1. The van der Waals surface area contributed by atoms with Gasteiger partial charge in [-0.1, -0.05) is 24.3 Å². The minimum atomic E-state index is -4.32. The van der Waals surface area contributed by atoms with E-state index in [1.54, 1.807) is 7.11 Å². The fourth-order valence-electron chi connectivity index (χ4n) is 4.80. The largest absolute Gasteiger partial charge is 0.497 e. The first kappa shape index (κ1) is 17.4. The smallest absolute Gasteiger partial charge is 0.416 e. The van der Waals surface area contributed by atoms with Gasteiger partial charge in [0.25, 0.3) is 0 Å². The van der Waals surface area contributed by atoms with E-state index in [1.165, 1.54) is 17.7 Å². The normalized spacial score (nSPS) is 25.7. The van der Waals surface area contributed by atoms with Crippen molar-refractivity contribution < 1.29 is 17.9 Å². The number of piperidine rings is 1. The van der Waals surface area contributed by atoms with E-state index in [1.807, 2.05) is 18.2 Å². The van der Waals surface area contributed by atoms with Crippen LogP contribution in [0.25, 0.3) is 0 Å². The Labute approximate surface area is 151 Å². The molecule has 138 valence electrons. The average Bonchev–Trinajstić information content (AvgIpc) is 2.95. The Hall–Kier alpha value is -2.01. The molecule has 0 bridgehead atoms. The number of ether oxygens (including phenoxy) is 1. The number of hydrogen-bond acceptors (Lipinski definition) is 2. The van der Waals surface area contributed by atoms with Crippen molar-refractivity contribution >= 4 is 0 Å². The van der Waals surface area contributed by atoms with E-state index in [9.17, 15) is 13.2 Å². The monoisotopic (exact) mass is 361 g/mol. The molecule has 3 atom stereocenters. The van der Waals surface area contributed by atoms with Gasteiger partial charge in [-0.05, 0) is 67.2 Å². The first-order valence-electron chi connectivity index (χ1n) is 8.95. The third-order valence-corrected chi connectivity index (χ3v) is 5.88. The van der Waals surface area contributed by atoms with Crippen LogP contribution in [0.2, 0.25) is 0 Å². The minimum absolute atomic E-state index is 0.0323. The molecule has 3 unspecified atom stereocenters. The zero-order chi connectivity index (χ0) is 18.5. The van der Waals surface area contributed by atoms with Crippen molar-refractivity contribution in [2.75, 3.05) is 20.7 Å². The van der Waals surface area contributed by atoms with Crippen LogP contribution in [0.5, 0.6) is 5.75 Å². The Morgan fingerprint density at radius 3 is 2.62 bits per heavy atom. The maximum Gasteiger partial charge on any atom is 0.416 e. The van der Waals surface area contributed by atoms with Crippen molar-refractivity contribution in [3.8, 4) is 5.75 Å². The predicted molar refractivity (Wildman–Crippen MR) is 94.4 cm³/mol. The second-order valence-electron chi connectivity index (χ2n) is 7.33. The summed E-state index contributed by atoms with van der Waals surface area (Å²) in [4.78, 5) is 2.34. The first-order chi connectivity index (χ1) is 12.4. The quantitative estimate of drug-likeness (QED) is 0.725. The maximum atomic E-state index is 13.2.